The highest BCUT2D eigenvalue weighted by Crippen LogP contribution is 2.44. The molecule has 0 radical (unpaired) electrons. The molecule has 1 N–H and O–H groups in total. The molecule has 0 atom stereocenters. The van der Waals surface area contributed by atoms with Crippen molar-refractivity contribution in [3.63, 3.8) is 0 Å². The SMILES string of the molecule is CC(C)C1CCC(CCOCC(F)(F)F)(C(=O)O)CC1. The zero-order valence-electron chi connectivity index (χ0n) is 12.0. The highest BCUT2D eigenvalue weighted by Gasteiger charge is 2.42. The van der Waals surface area contributed by atoms with Crippen LogP contribution in [0.1, 0.15) is 46.0 Å². The predicted molar refractivity (Wildman–Crippen MR) is 68.4 cm³/mol. The highest BCUT2D eigenvalue weighted by atomic mass is 19.4. The first-order valence-corrected chi connectivity index (χ1v) is 7.04. The molecular formula is C14H23F3O3. The number of carboxylic acid groups (broad SMARTS) is 1. The molecular weight excluding hydrogens is 273 g/mol. The van der Waals surface area contributed by atoms with Gasteiger partial charge in [0, 0.05) is 6.61 Å². The van der Waals surface area contributed by atoms with E-state index in [2.05, 4.69) is 18.6 Å². The summed E-state index contributed by atoms with van der Waals surface area (Å²) in [7, 11) is 0. The van der Waals surface area contributed by atoms with Crippen molar-refractivity contribution < 1.29 is 27.8 Å². The second-order valence-corrected chi connectivity index (χ2v) is 6.08. The lowest BCUT2D eigenvalue weighted by Crippen LogP contribution is -2.37. The van der Waals surface area contributed by atoms with Crippen molar-refractivity contribution in [3.8, 4) is 0 Å². The van der Waals surface area contributed by atoms with Crippen molar-refractivity contribution in [1.29, 1.82) is 0 Å². The average Bonchev–Trinajstić information content (AvgIpc) is 2.34. The van der Waals surface area contributed by atoms with Gasteiger partial charge < -0.3 is 9.84 Å². The van der Waals surface area contributed by atoms with Gasteiger partial charge in [0.2, 0.25) is 0 Å². The molecule has 0 bridgehead atoms. The molecule has 0 aliphatic heterocycles. The summed E-state index contributed by atoms with van der Waals surface area (Å²) < 4.78 is 40.5. The molecule has 1 aliphatic rings. The molecule has 1 aliphatic carbocycles. The smallest absolute Gasteiger partial charge is 0.411 e. The third-order valence-corrected chi connectivity index (χ3v) is 4.37. The lowest BCUT2D eigenvalue weighted by molar-refractivity contribution is -0.177. The first-order chi connectivity index (χ1) is 9.16. The first kappa shape index (κ1) is 17.3. The summed E-state index contributed by atoms with van der Waals surface area (Å²) in [4.78, 5) is 11.5. The standard InChI is InChI=1S/C14H23F3O3/c1-10(2)11-3-5-13(6-4-11,12(18)19)7-8-20-9-14(15,16)17/h10-11H,3-9H2,1-2H3,(H,18,19). The summed E-state index contributed by atoms with van der Waals surface area (Å²) >= 11 is 0. The molecule has 3 nitrogen and oxygen atoms in total. The van der Waals surface area contributed by atoms with Gasteiger partial charge in [0.25, 0.3) is 0 Å². The van der Waals surface area contributed by atoms with Crippen LogP contribution in [0.5, 0.6) is 0 Å². The van der Waals surface area contributed by atoms with E-state index in [4.69, 9.17) is 0 Å². The molecule has 0 aromatic heterocycles. The number of carbonyl (C=O) groups is 1. The summed E-state index contributed by atoms with van der Waals surface area (Å²) in [5.74, 6) is 0.122. The van der Waals surface area contributed by atoms with E-state index in [0.717, 1.165) is 12.8 Å². The van der Waals surface area contributed by atoms with Gasteiger partial charge in [-0.25, -0.2) is 0 Å². The Kier molecular flexibility index (Phi) is 5.86. The van der Waals surface area contributed by atoms with Crippen LogP contribution in [0.15, 0.2) is 0 Å². The van der Waals surface area contributed by atoms with Gasteiger partial charge in [-0.05, 0) is 43.9 Å². The fraction of sp³-hybridized carbons (Fsp3) is 0.929. The molecule has 1 saturated carbocycles. The number of aliphatic carboxylic acids is 1. The van der Waals surface area contributed by atoms with Gasteiger partial charge in [-0.2, -0.15) is 13.2 Å². The molecule has 0 spiro atoms. The molecule has 0 heterocycles. The third kappa shape index (κ3) is 4.96. The zero-order valence-corrected chi connectivity index (χ0v) is 12.0. The monoisotopic (exact) mass is 296 g/mol. The summed E-state index contributed by atoms with van der Waals surface area (Å²) in [6.45, 7) is 2.77. The minimum absolute atomic E-state index is 0.155. The fourth-order valence-corrected chi connectivity index (χ4v) is 2.89. The summed E-state index contributed by atoms with van der Waals surface area (Å²) in [5, 5.41) is 9.40. The summed E-state index contributed by atoms with van der Waals surface area (Å²) in [5.41, 5.74) is -0.906. The van der Waals surface area contributed by atoms with E-state index >= 15 is 0 Å². The molecule has 0 amide bonds. The van der Waals surface area contributed by atoms with E-state index in [-0.39, 0.29) is 13.0 Å². The van der Waals surface area contributed by atoms with Crippen LogP contribution in [0.3, 0.4) is 0 Å². The van der Waals surface area contributed by atoms with Gasteiger partial charge in [-0.3, -0.25) is 4.79 Å². The average molecular weight is 296 g/mol. The predicted octanol–water partition coefficient (Wildman–Crippen LogP) is 3.87. The Bertz CT molecular complexity index is 318. The lowest BCUT2D eigenvalue weighted by Gasteiger charge is -2.38. The summed E-state index contributed by atoms with van der Waals surface area (Å²) in [6, 6.07) is 0. The Hall–Kier alpha value is -0.780. The van der Waals surface area contributed by atoms with E-state index < -0.39 is 24.2 Å². The van der Waals surface area contributed by atoms with Gasteiger partial charge >= 0.3 is 12.1 Å². The molecule has 1 fully saturated rings. The summed E-state index contributed by atoms with van der Waals surface area (Å²) in [6.07, 6.45) is -1.50. The minimum Gasteiger partial charge on any atom is -0.481 e. The second kappa shape index (κ2) is 6.78. The minimum atomic E-state index is -4.36. The van der Waals surface area contributed by atoms with Crippen LogP contribution in [-0.4, -0.2) is 30.5 Å². The topological polar surface area (TPSA) is 46.5 Å². The van der Waals surface area contributed by atoms with E-state index in [1.807, 2.05) is 0 Å². The molecule has 6 heteroatoms. The first-order valence-electron chi connectivity index (χ1n) is 7.04. The Morgan fingerprint density at radius 2 is 1.90 bits per heavy atom. The van der Waals surface area contributed by atoms with Crippen molar-refractivity contribution in [2.75, 3.05) is 13.2 Å². The van der Waals surface area contributed by atoms with Crippen LogP contribution in [0.25, 0.3) is 0 Å². The van der Waals surface area contributed by atoms with Crippen molar-refractivity contribution in [2.24, 2.45) is 17.3 Å². The van der Waals surface area contributed by atoms with Crippen molar-refractivity contribution in [1.82, 2.24) is 0 Å². The maximum atomic E-state index is 12.0. The largest absolute Gasteiger partial charge is 0.481 e. The Morgan fingerprint density at radius 1 is 1.35 bits per heavy atom. The fourth-order valence-electron chi connectivity index (χ4n) is 2.89. The van der Waals surface area contributed by atoms with Crippen LogP contribution in [0, 0.1) is 17.3 Å². The number of rotatable bonds is 6. The number of ether oxygens (including phenoxy) is 1. The molecule has 0 aromatic rings. The Labute approximate surface area is 117 Å². The second-order valence-electron chi connectivity index (χ2n) is 6.08. The highest BCUT2D eigenvalue weighted by molar-refractivity contribution is 5.74. The molecule has 118 valence electrons. The number of carboxylic acids is 1. The van der Waals surface area contributed by atoms with Crippen LogP contribution in [0.2, 0.25) is 0 Å². The van der Waals surface area contributed by atoms with Crippen molar-refractivity contribution in [2.45, 2.75) is 52.1 Å². The quantitative estimate of drug-likeness (QED) is 0.757. The molecule has 0 unspecified atom stereocenters. The zero-order chi connectivity index (χ0) is 15.4. The van der Waals surface area contributed by atoms with E-state index in [0.29, 0.717) is 24.7 Å². The van der Waals surface area contributed by atoms with Crippen molar-refractivity contribution >= 4 is 5.97 Å². The van der Waals surface area contributed by atoms with Gasteiger partial charge in [0.15, 0.2) is 0 Å². The van der Waals surface area contributed by atoms with E-state index in [1.54, 1.807) is 0 Å². The number of halogens is 3. The van der Waals surface area contributed by atoms with Crippen molar-refractivity contribution in [3.05, 3.63) is 0 Å². The van der Waals surface area contributed by atoms with Gasteiger partial charge in [0.1, 0.15) is 6.61 Å². The number of alkyl halides is 3. The maximum Gasteiger partial charge on any atom is 0.411 e. The Morgan fingerprint density at radius 3 is 2.30 bits per heavy atom. The number of hydrogen-bond donors (Lipinski definition) is 1. The van der Waals surface area contributed by atoms with E-state index in [1.165, 1.54) is 0 Å². The van der Waals surface area contributed by atoms with Crippen LogP contribution in [0.4, 0.5) is 13.2 Å². The number of hydrogen-bond acceptors (Lipinski definition) is 2. The normalized spacial score (nSPS) is 27.8. The Balaban J connectivity index is 2.47. The third-order valence-electron chi connectivity index (χ3n) is 4.37. The molecule has 0 aromatic carbocycles. The molecule has 1 rings (SSSR count). The van der Waals surface area contributed by atoms with Gasteiger partial charge in [-0.1, -0.05) is 13.8 Å². The van der Waals surface area contributed by atoms with Gasteiger partial charge in [0.05, 0.1) is 5.41 Å². The molecule has 20 heavy (non-hydrogen) atoms. The maximum absolute atomic E-state index is 12.0. The van der Waals surface area contributed by atoms with Crippen LogP contribution in [-0.2, 0) is 9.53 Å². The van der Waals surface area contributed by atoms with Crippen LogP contribution < -0.4 is 0 Å². The van der Waals surface area contributed by atoms with Gasteiger partial charge in [-0.15, -0.1) is 0 Å². The molecule has 0 saturated heterocycles. The van der Waals surface area contributed by atoms with E-state index in [9.17, 15) is 23.1 Å². The van der Waals surface area contributed by atoms with Crippen LogP contribution >= 0.6 is 0 Å². The lowest BCUT2D eigenvalue weighted by atomic mass is 9.66.